The maximum absolute atomic E-state index is 15.0. The van der Waals surface area contributed by atoms with E-state index in [9.17, 15) is 17.8 Å². The molecule has 0 bridgehead atoms. The SMILES string of the molecule is Cc1cncn1-c1cnc2ccc(C(=O)c3c(F)c(F)cc(CCCNS(=O)O)c3F)cc2n1. The van der Waals surface area contributed by atoms with Crippen molar-refractivity contribution in [2.24, 2.45) is 0 Å². The molecule has 4 rings (SSSR count). The van der Waals surface area contributed by atoms with Crippen molar-refractivity contribution >= 4 is 28.1 Å². The first-order chi connectivity index (χ1) is 16.3. The highest BCUT2D eigenvalue weighted by molar-refractivity contribution is 7.77. The number of carbonyl (C=O) groups excluding carboxylic acids is 1. The van der Waals surface area contributed by atoms with Crippen LogP contribution in [0.5, 0.6) is 0 Å². The summed E-state index contributed by atoms with van der Waals surface area (Å²) in [6.07, 6.45) is 4.79. The first-order valence-electron chi connectivity index (χ1n) is 10.1. The largest absolute Gasteiger partial charge is 0.294 e. The summed E-state index contributed by atoms with van der Waals surface area (Å²) in [5.41, 5.74) is 0.240. The second-order valence-corrected chi connectivity index (χ2v) is 8.22. The molecular weight excluding hydrogens is 471 g/mol. The number of nitrogens with zero attached hydrogens (tertiary/aromatic N) is 4. The van der Waals surface area contributed by atoms with E-state index in [2.05, 4.69) is 19.7 Å². The summed E-state index contributed by atoms with van der Waals surface area (Å²) in [7, 11) is 0. The lowest BCUT2D eigenvalue weighted by Crippen LogP contribution is -2.18. The van der Waals surface area contributed by atoms with Crippen LogP contribution in [0.2, 0.25) is 0 Å². The molecule has 2 aromatic heterocycles. The van der Waals surface area contributed by atoms with E-state index in [1.165, 1.54) is 24.4 Å². The van der Waals surface area contributed by atoms with Crippen LogP contribution in [0, 0.1) is 24.4 Å². The van der Waals surface area contributed by atoms with Crippen molar-refractivity contribution in [2.45, 2.75) is 19.8 Å². The van der Waals surface area contributed by atoms with Gasteiger partial charge in [0.15, 0.2) is 23.2 Å². The highest BCUT2D eigenvalue weighted by atomic mass is 32.2. The molecular formula is C22H18F3N5O3S. The Labute approximate surface area is 194 Å². The van der Waals surface area contributed by atoms with E-state index >= 15 is 4.39 Å². The summed E-state index contributed by atoms with van der Waals surface area (Å²) in [4.78, 5) is 25.8. The number of rotatable bonds is 8. The van der Waals surface area contributed by atoms with Crippen LogP contribution in [0.25, 0.3) is 16.9 Å². The number of hydrogen-bond donors (Lipinski definition) is 2. The summed E-state index contributed by atoms with van der Waals surface area (Å²) in [5.74, 6) is -4.73. The topological polar surface area (TPSA) is 110 Å². The number of ketones is 1. The van der Waals surface area contributed by atoms with Crippen molar-refractivity contribution in [1.82, 2.24) is 24.2 Å². The number of hydrogen-bond acceptors (Lipinski definition) is 5. The molecule has 0 amide bonds. The number of imidazole rings is 1. The van der Waals surface area contributed by atoms with E-state index in [1.54, 1.807) is 17.1 Å². The van der Waals surface area contributed by atoms with Crippen LogP contribution in [0.3, 0.4) is 0 Å². The van der Waals surface area contributed by atoms with Gasteiger partial charge >= 0.3 is 0 Å². The highest BCUT2D eigenvalue weighted by Crippen LogP contribution is 2.25. The fraction of sp³-hybridized carbons (Fsp3) is 0.182. The van der Waals surface area contributed by atoms with Gasteiger partial charge < -0.3 is 0 Å². The summed E-state index contributed by atoms with van der Waals surface area (Å²) >= 11 is -2.25. The molecule has 0 fully saturated rings. The van der Waals surface area contributed by atoms with Gasteiger partial charge in [-0.15, -0.1) is 0 Å². The molecule has 176 valence electrons. The molecule has 4 aromatic rings. The van der Waals surface area contributed by atoms with Gasteiger partial charge in [-0.25, -0.2) is 32.1 Å². The van der Waals surface area contributed by atoms with Crippen molar-refractivity contribution in [3.63, 3.8) is 0 Å². The molecule has 0 aliphatic carbocycles. The first kappa shape index (κ1) is 23.7. The summed E-state index contributed by atoms with van der Waals surface area (Å²) in [6.45, 7) is 1.86. The number of aromatic nitrogens is 4. The van der Waals surface area contributed by atoms with E-state index in [0.717, 1.165) is 5.69 Å². The Balaban J connectivity index is 1.69. The van der Waals surface area contributed by atoms with Crippen LogP contribution in [0.15, 0.2) is 43.0 Å². The number of nitrogens with one attached hydrogen (secondary N) is 1. The lowest BCUT2D eigenvalue weighted by atomic mass is 9.97. The van der Waals surface area contributed by atoms with Crippen LogP contribution in [0.4, 0.5) is 13.2 Å². The van der Waals surface area contributed by atoms with Gasteiger partial charge in [-0.3, -0.25) is 18.9 Å². The third-order valence-electron chi connectivity index (χ3n) is 5.17. The Morgan fingerprint density at radius 3 is 2.65 bits per heavy atom. The number of carbonyl (C=O) groups is 1. The van der Waals surface area contributed by atoms with Gasteiger partial charge in [0, 0.05) is 24.0 Å². The van der Waals surface area contributed by atoms with Crippen molar-refractivity contribution in [3.8, 4) is 5.82 Å². The molecule has 1 atom stereocenters. The zero-order valence-corrected chi connectivity index (χ0v) is 18.6. The van der Waals surface area contributed by atoms with Gasteiger partial charge in [0.25, 0.3) is 0 Å². The van der Waals surface area contributed by atoms with Crippen LogP contribution in [-0.2, 0) is 17.7 Å². The van der Waals surface area contributed by atoms with Crippen LogP contribution in [-0.4, -0.2) is 40.6 Å². The van der Waals surface area contributed by atoms with Crippen molar-refractivity contribution < 1.29 is 26.7 Å². The van der Waals surface area contributed by atoms with Crippen LogP contribution < -0.4 is 4.72 Å². The third kappa shape index (κ3) is 4.74. The Morgan fingerprint density at radius 1 is 1.15 bits per heavy atom. The number of halogens is 3. The normalized spacial score (nSPS) is 12.3. The van der Waals surface area contributed by atoms with E-state index in [1.807, 2.05) is 6.92 Å². The van der Waals surface area contributed by atoms with Gasteiger partial charge in [0.1, 0.15) is 12.1 Å². The van der Waals surface area contributed by atoms with Gasteiger partial charge in [-0.05, 0) is 49.6 Å². The minimum Gasteiger partial charge on any atom is -0.294 e. The predicted molar refractivity (Wildman–Crippen MR) is 118 cm³/mol. The Morgan fingerprint density at radius 2 is 1.94 bits per heavy atom. The summed E-state index contributed by atoms with van der Waals surface area (Å²) in [5, 5.41) is 0. The molecule has 2 heterocycles. The second kappa shape index (κ2) is 9.79. The third-order valence-corrected chi connectivity index (χ3v) is 5.62. The zero-order valence-electron chi connectivity index (χ0n) is 17.8. The molecule has 2 aromatic carbocycles. The smallest absolute Gasteiger partial charge is 0.231 e. The summed E-state index contributed by atoms with van der Waals surface area (Å²) < 4.78 is 67.0. The standard InChI is InChI=1S/C22H18F3N5O3S/c1-12-9-26-11-30(12)18-10-27-16-5-4-14(8-17(16)29-18)22(31)19-20(24)13(7-15(23)21(19)25)3-2-6-28-34(32)33/h4-5,7-11,28H,2-3,6H2,1H3,(H,32,33). The molecule has 2 N–H and O–H groups in total. The van der Waals surface area contributed by atoms with Crippen molar-refractivity contribution in [2.75, 3.05) is 6.54 Å². The van der Waals surface area contributed by atoms with Gasteiger partial charge in [0.2, 0.25) is 11.3 Å². The minimum absolute atomic E-state index is 0.0346. The Hall–Kier alpha value is -3.48. The van der Waals surface area contributed by atoms with Crippen molar-refractivity contribution in [1.29, 1.82) is 0 Å². The molecule has 12 heteroatoms. The van der Waals surface area contributed by atoms with E-state index in [0.29, 0.717) is 22.9 Å². The molecule has 34 heavy (non-hydrogen) atoms. The lowest BCUT2D eigenvalue weighted by Gasteiger charge is -2.11. The Bertz CT molecular complexity index is 1430. The second-order valence-electron chi connectivity index (χ2n) is 7.43. The van der Waals surface area contributed by atoms with Crippen molar-refractivity contribution in [3.05, 3.63) is 82.8 Å². The van der Waals surface area contributed by atoms with Gasteiger partial charge in [-0.2, -0.15) is 0 Å². The number of aryl methyl sites for hydroxylation is 2. The Kier molecular flexibility index (Phi) is 6.82. The fourth-order valence-electron chi connectivity index (χ4n) is 3.48. The fourth-order valence-corrected chi connectivity index (χ4v) is 3.80. The van der Waals surface area contributed by atoms with Crippen LogP contribution in [0.1, 0.15) is 33.6 Å². The van der Waals surface area contributed by atoms with E-state index < -0.39 is 40.1 Å². The molecule has 8 nitrogen and oxygen atoms in total. The maximum atomic E-state index is 15.0. The molecule has 1 unspecified atom stereocenters. The predicted octanol–water partition coefficient (Wildman–Crippen LogP) is 3.43. The lowest BCUT2D eigenvalue weighted by molar-refractivity contribution is 0.102. The molecule has 0 spiro atoms. The number of fused-ring (bicyclic) bond motifs is 1. The minimum atomic E-state index is -2.25. The molecule has 0 saturated carbocycles. The maximum Gasteiger partial charge on any atom is 0.231 e. The van der Waals surface area contributed by atoms with Gasteiger partial charge in [0.05, 0.1) is 22.8 Å². The monoisotopic (exact) mass is 489 g/mol. The average molecular weight is 489 g/mol. The van der Waals surface area contributed by atoms with E-state index in [4.69, 9.17) is 4.55 Å². The molecule has 0 aliphatic heterocycles. The van der Waals surface area contributed by atoms with Crippen LogP contribution >= 0.6 is 0 Å². The van der Waals surface area contributed by atoms with Gasteiger partial charge in [-0.1, -0.05) is 0 Å². The van der Waals surface area contributed by atoms with E-state index in [-0.39, 0.29) is 30.5 Å². The quantitative estimate of drug-likeness (QED) is 0.170. The number of benzene rings is 2. The summed E-state index contributed by atoms with van der Waals surface area (Å²) in [6, 6.07) is 4.84. The first-order valence-corrected chi connectivity index (χ1v) is 11.2. The average Bonchev–Trinajstić information content (AvgIpc) is 3.24. The molecule has 0 saturated heterocycles. The zero-order chi connectivity index (χ0) is 24.4. The molecule has 0 aliphatic rings. The highest BCUT2D eigenvalue weighted by Gasteiger charge is 2.25. The molecule has 0 radical (unpaired) electrons.